The number of nitrogens with two attached hydrogens (primary N) is 1. The molecule has 0 aliphatic heterocycles. The normalized spacial score (nSPS) is 15.1. The van der Waals surface area contributed by atoms with Crippen molar-refractivity contribution in [2.75, 3.05) is 6.54 Å². The number of nitrogens with zero attached hydrogens (tertiary/aromatic N) is 1. The van der Waals surface area contributed by atoms with Crippen molar-refractivity contribution in [3.63, 3.8) is 0 Å². The quantitative estimate of drug-likeness (QED) is 0.517. The predicted octanol–water partition coefficient (Wildman–Crippen LogP) is 1.68. The smallest absolute Gasteiger partial charge is 0.115 e. The zero-order valence-electron chi connectivity index (χ0n) is 9.89. The minimum absolute atomic E-state index is 0.242. The van der Waals surface area contributed by atoms with E-state index in [1.165, 1.54) is 12.8 Å². The molecule has 4 heteroatoms. The lowest BCUT2D eigenvalue weighted by molar-refractivity contribution is 0.262. The molecule has 0 atom stereocenters. The van der Waals surface area contributed by atoms with Gasteiger partial charge in [0.1, 0.15) is 5.75 Å². The van der Waals surface area contributed by atoms with E-state index < -0.39 is 0 Å². The summed E-state index contributed by atoms with van der Waals surface area (Å²) in [4.78, 5) is 2.34. The second-order valence-electron chi connectivity index (χ2n) is 4.65. The molecule has 0 bridgehead atoms. The van der Waals surface area contributed by atoms with Gasteiger partial charge in [0, 0.05) is 25.6 Å². The summed E-state index contributed by atoms with van der Waals surface area (Å²) in [5, 5.41) is 16.7. The van der Waals surface area contributed by atoms with E-state index in [4.69, 9.17) is 11.1 Å². The van der Waals surface area contributed by atoms with Crippen molar-refractivity contribution in [3.05, 3.63) is 29.8 Å². The standard InChI is InChI=1S/C13H19N3O/c14-13(15)6-7-16(11-4-5-11)9-10-2-1-3-12(17)8-10/h1-3,8,11,17H,4-7,9H2,(H3,14,15). The number of aromatic hydroxyl groups is 1. The Morgan fingerprint density at radius 3 is 2.82 bits per heavy atom. The van der Waals surface area contributed by atoms with Gasteiger partial charge in [-0.05, 0) is 30.5 Å². The SMILES string of the molecule is N=C(N)CCN(Cc1cccc(O)c1)C1CC1. The number of rotatable bonds is 6. The fraction of sp³-hybridized carbons (Fsp3) is 0.462. The van der Waals surface area contributed by atoms with E-state index in [1.54, 1.807) is 12.1 Å². The van der Waals surface area contributed by atoms with Gasteiger partial charge in [0.2, 0.25) is 0 Å². The first-order valence-corrected chi connectivity index (χ1v) is 6.00. The van der Waals surface area contributed by atoms with Crippen LogP contribution in [0.3, 0.4) is 0 Å². The average Bonchev–Trinajstić information content (AvgIpc) is 3.07. The monoisotopic (exact) mass is 233 g/mol. The second kappa shape index (κ2) is 5.19. The molecule has 0 amide bonds. The van der Waals surface area contributed by atoms with Gasteiger partial charge in [-0.1, -0.05) is 12.1 Å². The first kappa shape index (κ1) is 11.9. The van der Waals surface area contributed by atoms with E-state index in [0.717, 1.165) is 18.7 Å². The van der Waals surface area contributed by atoms with Crippen molar-refractivity contribution in [3.8, 4) is 5.75 Å². The van der Waals surface area contributed by atoms with E-state index in [-0.39, 0.29) is 5.84 Å². The zero-order chi connectivity index (χ0) is 12.3. The number of hydrogen-bond donors (Lipinski definition) is 3. The summed E-state index contributed by atoms with van der Waals surface area (Å²) in [6.45, 7) is 1.65. The maximum absolute atomic E-state index is 9.43. The molecule has 0 unspecified atom stereocenters. The van der Waals surface area contributed by atoms with Gasteiger partial charge in [-0.25, -0.2) is 0 Å². The molecule has 0 heterocycles. The summed E-state index contributed by atoms with van der Waals surface area (Å²) < 4.78 is 0. The Kier molecular flexibility index (Phi) is 3.64. The number of benzene rings is 1. The highest BCUT2D eigenvalue weighted by Crippen LogP contribution is 2.28. The lowest BCUT2D eigenvalue weighted by Crippen LogP contribution is -2.29. The Morgan fingerprint density at radius 2 is 2.24 bits per heavy atom. The molecule has 4 nitrogen and oxygen atoms in total. The summed E-state index contributed by atoms with van der Waals surface area (Å²) in [5.74, 6) is 0.552. The van der Waals surface area contributed by atoms with Crippen LogP contribution in [-0.4, -0.2) is 28.4 Å². The molecule has 4 N–H and O–H groups in total. The third-order valence-corrected chi connectivity index (χ3v) is 3.03. The molecule has 2 rings (SSSR count). The highest BCUT2D eigenvalue weighted by atomic mass is 16.3. The van der Waals surface area contributed by atoms with Gasteiger partial charge in [0.15, 0.2) is 0 Å². The lowest BCUT2D eigenvalue weighted by atomic mass is 10.2. The van der Waals surface area contributed by atoms with E-state index in [0.29, 0.717) is 18.2 Å². The molecule has 1 saturated carbocycles. The molecule has 1 aromatic carbocycles. The third kappa shape index (κ3) is 3.75. The Balaban J connectivity index is 1.95. The van der Waals surface area contributed by atoms with E-state index in [2.05, 4.69) is 4.90 Å². The van der Waals surface area contributed by atoms with E-state index in [1.807, 2.05) is 12.1 Å². The van der Waals surface area contributed by atoms with Crippen LogP contribution in [0.2, 0.25) is 0 Å². The third-order valence-electron chi connectivity index (χ3n) is 3.03. The minimum atomic E-state index is 0.242. The van der Waals surface area contributed by atoms with Crippen LogP contribution in [-0.2, 0) is 6.54 Å². The van der Waals surface area contributed by atoms with Crippen LogP contribution in [0.5, 0.6) is 5.75 Å². The Hall–Kier alpha value is -1.55. The summed E-state index contributed by atoms with van der Waals surface area (Å²) in [6.07, 6.45) is 3.09. The molecule has 0 aromatic heterocycles. The van der Waals surface area contributed by atoms with Crippen LogP contribution in [0.15, 0.2) is 24.3 Å². The van der Waals surface area contributed by atoms with Crippen molar-refractivity contribution in [2.45, 2.75) is 31.8 Å². The van der Waals surface area contributed by atoms with E-state index >= 15 is 0 Å². The van der Waals surface area contributed by atoms with Crippen molar-refractivity contribution in [2.24, 2.45) is 5.73 Å². The van der Waals surface area contributed by atoms with Gasteiger partial charge >= 0.3 is 0 Å². The van der Waals surface area contributed by atoms with Crippen LogP contribution in [0, 0.1) is 5.41 Å². The van der Waals surface area contributed by atoms with Crippen LogP contribution >= 0.6 is 0 Å². The lowest BCUT2D eigenvalue weighted by Gasteiger charge is -2.21. The van der Waals surface area contributed by atoms with Gasteiger partial charge in [-0.15, -0.1) is 0 Å². The molecule has 1 aromatic rings. The maximum atomic E-state index is 9.43. The van der Waals surface area contributed by atoms with Crippen LogP contribution < -0.4 is 5.73 Å². The fourth-order valence-corrected chi connectivity index (χ4v) is 1.98. The minimum Gasteiger partial charge on any atom is -0.508 e. The molecule has 17 heavy (non-hydrogen) atoms. The predicted molar refractivity (Wildman–Crippen MR) is 68.1 cm³/mol. The molecule has 0 spiro atoms. The molecule has 92 valence electrons. The van der Waals surface area contributed by atoms with E-state index in [9.17, 15) is 5.11 Å². The highest BCUT2D eigenvalue weighted by molar-refractivity contribution is 5.76. The molecule has 1 aliphatic rings. The fourth-order valence-electron chi connectivity index (χ4n) is 1.98. The second-order valence-corrected chi connectivity index (χ2v) is 4.65. The largest absolute Gasteiger partial charge is 0.508 e. The van der Waals surface area contributed by atoms with Gasteiger partial charge in [-0.3, -0.25) is 10.3 Å². The summed E-state index contributed by atoms with van der Waals surface area (Å²) in [5.41, 5.74) is 6.51. The number of phenols is 1. The number of hydrogen-bond acceptors (Lipinski definition) is 3. The Bertz CT molecular complexity index is 401. The molecule has 1 aliphatic carbocycles. The van der Waals surface area contributed by atoms with Gasteiger partial charge in [0.05, 0.1) is 5.84 Å². The molecule has 1 fully saturated rings. The van der Waals surface area contributed by atoms with Crippen LogP contribution in [0.4, 0.5) is 0 Å². The Morgan fingerprint density at radius 1 is 1.47 bits per heavy atom. The van der Waals surface area contributed by atoms with Crippen LogP contribution in [0.25, 0.3) is 0 Å². The number of phenolic OH excluding ortho intramolecular Hbond substituents is 1. The Labute approximate surface area is 102 Å². The molecule has 0 saturated heterocycles. The van der Waals surface area contributed by atoms with Crippen molar-refractivity contribution in [1.29, 1.82) is 5.41 Å². The molecular formula is C13H19N3O. The summed E-state index contributed by atoms with van der Waals surface area (Å²) >= 11 is 0. The van der Waals surface area contributed by atoms with Crippen molar-refractivity contribution in [1.82, 2.24) is 4.90 Å². The molecular weight excluding hydrogens is 214 g/mol. The van der Waals surface area contributed by atoms with Crippen molar-refractivity contribution < 1.29 is 5.11 Å². The van der Waals surface area contributed by atoms with Gasteiger partial charge in [-0.2, -0.15) is 0 Å². The maximum Gasteiger partial charge on any atom is 0.115 e. The van der Waals surface area contributed by atoms with Gasteiger partial charge in [0.25, 0.3) is 0 Å². The number of nitrogens with one attached hydrogen (secondary N) is 1. The van der Waals surface area contributed by atoms with Crippen molar-refractivity contribution >= 4 is 5.84 Å². The summed E-state index contributed by atoms with van der Waals surface area (Å²) in [6, 6.07) is 7.99. The van der Waals surface area contributed by atoms with Gasteiger partial charge < -0.3 is 10.8 Å². The first-order valence-electron chi connectivity index (χ1n) is 6.00. The first-order chi connectivity index (χ1) is 8.15. The topological polar surface area (TPSA) is 73.3 Å². The van der Waals surface area contributed by atoms with Crippen LogP contribution in [0.1, 0.15) is 24.8 Å². The average molecular weight is 233 g/mol. The molecule has 0 radical (unpaired) electrons. The number of amidine groups is 1. The summed E-state index contributed by atoms with van der Waals surface area (Å²) in [7, 11) is 0. The zero-order valence-corrected chi connectivity index (χ0v) is 9.89. The highest BCUT2D eigenvalue weighted by Gasteiger charge is 2.28.